The quantitative estimate of drug-likeness (QED) is 0.00428. The number of aldehydes is 1. The molecule has 8 aliphatic rings. The van der Waals surface area contributed by atoms with Gasteiger partial charge in [-0.25, -0.2) is 4.98 Å². The Bertz CT molecular complexity index is 4970. The summed E-state index contributed by atoms with van der Waals surface area (Å²) < 4.78 is 18.8. The van der Waals surface area contributed by atoms with Gasteiger partial charge in [-0.05, 0) is 164 Å². The minimum Gasteiger partial charge on any atom is -0.494 e. The van der Waals surface area contributed by atoms with Crippen LogP contribution in [0.3, 0.4) is 0 Å². The van der Waals surface area contributed by atoms with Crippen LogP contribution >= 0.6 is 66.5 Å². The van der Waals surface area contributed by atoms with Gasteiger partial charge < -0.3 is 70.7 Å². The molecule has 5 saturated heterocycles. The van der Waals surface area contributed by atoms with E-state index in [1.807, 2.05) is 66.7 Å². The number of piperazine rings is 1. The second-order valence-corrected chi connectivity index (χ2v) is 42.8. The largest absolute Gasteiger partial charge is 0.494 e. The molecule has 1 aromatic heterocycles. The van der Waals surface area contributed by atoms with Gasteiger partial charge in [0.15, 0.2) is 5.82 Å². The number of alkyl halides is 3. The monoisotopic (exact) mass is 2130 g/mol. The number of rotatable bonds is 48. The van der Waals surface area contributed by atoms with Crippen molar-refractivity contribution in [2.75, 3.05) is 134 Å². The minimum atomic E-state index is -2.54. The van der Waals surface area contributed by atoms with Crippen molar-refractivity contribution < 1.29 is 62.4 Å². The number of aromatic nitrogens is 2. The number of aliphatic hydroxyl groups excluding tert-OH is 1. The Labute approximate surface area is 847 Å². The number of unbranched alkanes of at least 4 members (excludes halogenated alkanes) is 24. The zero-order valence-electron chi connectivity index (χ0n) is 80.4. The third-order valence-corrected chi connectivity index (χ3v) is 30.0. The van der Waals surface area contributed by atoms with Crippen LogP contribution in [-0.2, 0) is 57.8 Å². The zero-order chi connectivity index (χ0) is 97.9. The summed E-state index contributed by atoms with van der Waals surface area (Å²) in [4.78, 5) is 140. The maximum atomic E-state index is 13.1. The van der Waals surface area contributed by atoms with Crippen molar-refractivity contribution in [2.24, 2.45) is 0 Å². The third kappa shape index (κ3) is 34.8. The highest BCUT2D eigenvalue weighted by molar-refractivity contribution is 9.09. The van der Waals surface area contributed by atoms with E-state index in [-0.39, 0.29) is 73.9 Å². The maximum Gasteiger partial charge on any atom is 0.255 e. The number of imide groups is 3. The smallest absolute Gasteiger partial charge is 0.255 e. The van der Waals surface area contributed by atoms with Crippen LogP contribution in [-0.4, -0.2) is 225 Å². The first-order chi connectivity index (χ1) is 66.5. The van der Waals surface area contributed by atoms with E-state index in [0.717, 1.165) is 164 Å². The standard InChI is InChI=1S/C50H66ClN10O5P.C22H30BrN3O3.C13H13N3O3.C9H19BrO.C9H17BrO.CH4/c1-66-44-32-36(18-19-41(44)55-50-53-33-39(51)47(57-50)54-42-15-9-10-17-45(42)67(2,3)65)59-26-22-35(23-27-59)60-30-28-58(29-31-60)25-12-8-6-4-5-7-11-24-52-40-16-13-14-37-38(40)34-61(49(37)64)43-20-21-46(62)56-48(43)63;23-13-6-4-2-1-3-5-7-14-24-18-10-8-9-16-17(18)15-26(22(16)29)19-11-12-20(27)25-21(19)28;14-9-3-1-2-7-8(9)6-16(13(7)19)10-4-5-11(17)15-12(10)18;2*10-8-6-4-2-1-3-5-7-9-11;/h9-10,13-19,32-33,35,43,52H,4-8,11-12,20-31,34H2,1-3H3,(H,56,62,63)(H2,53,54,55,57);8-10,19,24H,1-7,11-15H2,(H,25,27,28);1-3,10H,4-6,14H2,(H,15,17,18);11H,1-9H2;9H,1-8H2;1H4. The van der Waals surface area contributed by atoms with Crippen LogP contribution in [0.25, 0.3) is 0 Å². The van der Waals surface area contributed by atoms with Gasteiger partial charge in [-0.2, -0.15) is 4.98 Å². The number of ether oxygens (including phenoxy) is 1. The molecular formula is C104H149Br3ClN16O13P. The van der Waals surface area contributed by atoms with E-state index in [4.69, 9.17) is 27.2 Å². The Balaban J connectivity index is 0.000000242. The zero-order valence-corrected chi connectivity index (χ0v) is 86.8. The average molecular weight is 2140 g/mol. The minimum absolute atomic E-state index is 0. The van der Waals surface area contributed by atoms with Crippen molar-refractivity contribution >= 4 is 177 Å². The lowest BCUT2D eigenvalue weighted by Gasteiger charge is -2.43. The number of nitrogens with two attached hydrogens (primary N) is 1. The number of para-hydroxylation sites is 1. The van der Waals surface area contributed by atoms with E-state index in [1.54, 1.807) is 54.6 Å². The Kier molecular flexibility index (Phi) is 49.3. The first-order valence-corrected chi connectivity index (χ1v) is 56.2. The first-order valence-electron chi connectivity index (χ1n) is 49.8. The normalized spacial score (nSPS) is 17.6. The van der Waals surface area contributed by atoms with Gasteiger partial charge in [0.25, 0.3) is 17.7 Å². The molecule has 5 fully saturated rings. The molecule has 0 aliphatic carbocycles. The summed E-state index contributed by atoms with van der Waals surface area (Å²) in [6.07, 6.45) is 41.2. The van der Waals surface area contributed by atoms with E-state index < -0.39 is 31.2 Å². The lowest BCUT2D eigenvalue weighted by molar-refractivity contribution is -0.138. The number of hydrogen-bond donors (Lipinski definition) is 9. The molecular weight excluding hydrogens is 1990 g/mol. The number of hydrogen-bond acceptors (Lipinski definition) is 23. The second-order valence-electron chi connectivity index (χ2n) is 36.9. The van der Waals surface area contributed by atoms with E-state index in [0.29, 0.717) is 102 Å². The van der Waals surface area contributed by atoms with Crippen LogP contribution in [0.4, 0.5) is 45.9 Å². The molecule has 34 heteroatoms. The summed E-state index contributed by atoms with van der Waals surface area (Å²) in [5.74, 6) is -0.952. The number of halogens is 4. The number of benzene rings is 5. The summed E-state index contributed by atoms with van der Waals surface area (Å²) in [6.45, 7) is 14.5. The molecule has 8 aliphatic heterocycles. The number of fused-ring (bicyclic) bond motifs is 3. The lowest BCUT2D eigenvalue weighted by Crippen LogP contribution is -2.53. The van der Waals surface area contributed by atoms with Gasteiger partial charge in [-0.1, -0.05) is 219 Å². The molecule has 3 unspecified atom stereocenters. The Hall–Kier alpha value is -8.88. The third-order valence-electron chi connectivity index (χ3n) is 26.5. The van der Waals surface area contributed by atoms with Gasteiger partial charge in [0.2, 0.25) is 41.4 Å². The second kappa shape index (κ2) is 60.4. The van der Waals surface area contributed by atoms with Crippen molar-refractivity contribution in [3.05, 3.63) is 142 Å². The van der Waals surface area contributed by atoms with Crippen LogP contribution in [0.1, 0.15) is 286 Å². The number of piperidine rings is 4. The Morgan fingerprint density at radius 3 is 1.38 bits per heavy atom. The van der Waals surface area contributed by atoms with Crippen LogP contribution in [0, 0.1) is 0 Å². The number of methoxy groups -OCH3 is 1. The number of aliphatic hydroxyl groups is 1. The lowest BCUT2D eigenvalue weighted by atomic mass is 10.0. The molecule has 138 heavy (non-hydrogen) atoms. The number of carbonyl (C=O) groups excluding carboxylic acids is 10. The molecule has 0 saturated carbocycles. The molecule has 14 rings (SSSR count). The summed E-state index contributed by atoms with van der Waals surface area (Å²) in [5, 5.41) is 33.5. The molecule has 5 aromatic carbocycles. The number of nitrogens with one attached hydrogen (secondary N) is 7. The Morgan fingerprint density at radius 2 is 0.928 bits per heavy atom. The fourth-order valence-electron chi connectivity index (χ4n) is 18.8. The van der Waals surface area contributed by atoms with Crippen molar-refractivity contribution in [3.63, 3.8) is 0 Å². The highest BCUT2D eigenvalue weighted by atomic mass is 79.9. The summed E-state index contributed by atoms with van der Waals surface area (Å²) >= 11 is 16.8. The number of amides is 9. The fourth-order valence-corrected chi connectivity index (χ4v) is 21.2. The van der Waals surface area contributed by atoms with Gasteiger partial charge in [0.05, 0.1) is 24.7 Å². The van der Waals surface area contributed by atoms with Crippen LogP contribution in [0.15, 0.2) is 103 Å². The van der Waals surface area contributed by atoms with Gasteiger partial charge in [-0.15, -0.1) is 0 Å². The van der Waals surface area contributed by atoms with Crippen molar-refractivity contribution in [1.82, 2.24) is 50.4 Å². The number of carbonyl (C=O) groups is 10. The van der Waals surface area contributed by atoms with E-state index in [2.05, 4.69) is 122 Å². The van der Waals surface area contributed by atoms with E-state index >= 15 is 0 Å². The van der Waals surface area contributed by atoms with Crippen molar-refractivity contribution in [1.29, 1.82) is 0 Å². The predicted octanol–water partition coefficient (Wildman–Crippen LogP) is 19.1. The SMILES string of the molecule is C.COc1cc(N2CCC(N3CCN(CCCCCCCCCNc4cccc5c4CN(C4CCC(=O)NC4=O)C5=O)CC3)CC2)ccc1Nc1ncc(Cl)c(Nc2ccccc2P(C)(C)=O)n1.Nc1cccc2c1CN(C1CCC(=O)NC1=O)C2=O.O=C1CCC(N2Cc3c(NCCCCCCCCCBr)cccc3C2=O)C(=O)N1.O=CCCCCCCCCBr.OCCCCCCCCCBr. The average Bonchev–Trinajstić information content (AvgIpc) is 1.63. The molecule has 9 heterocycles. The summed E-state index contributed by atoms with van der Waals surface area (Å²) in [6, 6.07) is 29.2. The predicted molar refractivity (Wildman–Crippen MR) is 565 cm³/mol. The van der Waals surface area contributed by atoms with Crippen LogP contribution in [0.2, 0.25) is 5.02 Å². The molecule has 29 nitrogen and oxygen atoms in total. The van der Waals surface area contributed by atoms with Crippen LogP contribution in [0.5, 0.6) is 5.75 Å². The summed E-state index contributed by atoms with van der Waals surface area (Å²) in [5.41, 5.74) is 15.4. The molecule has 0 radical (unpaired) electrons. The molecule has 756 valence electrons. The topological polar surface area (TPSA) is 373 Å². The number of nitrogens with zero attached hydrogens (tertiary/aromatic N) is 8. The highest BCUT2D eigenvalue weighted by Crippen LogP contribution is 2.41. The van der Waals surface area contributed by atoms with Gasteiger partial charge in [-0.3, -0.25) is 64.0 Å². The maximum absolute atomic E-state index is 13.1. The fraction of sp³-hybridized carbons (Fsp3) is 0.577. The van der Waals surface area contributed by atoms with Crippen molar-refractivity contribution in [3.8, 4) is 5.75 Å². The van der Waals surface area contributed by atoms with E-state index in [1.165, 1.54) is 159 Å². The molecule has 0 spiro atoms. The first kappa shape index (κ1) is 113. The molecule has 6 aromatic rings. The molecule has 9 amide bonds. The van der Waals surface area contributed by atoms with E-state index in [9.17, 15) is 52.5 Å². The van der Waals surface area contributed by atoms with Crippen LogP contribution < -0.4 is 57.9 Å². The number of nitrogen functional groups attached to an aromatic ring is 1. The molecule has 0 bridgehead atoms. The molecule has 10 N–H and O–H groups in total. The van der Waals surface area contributed by atoms with Gasteiger partial charge in [0, 0.05) is 194 Å². The Morgan fingerprint density at radius 1 is 0.500 bits per heavy atom. The van der Waals surface area contributed by atoms with Crippen molar-refractivity contribution in [2.45, 2.75) is 282 Å². The van der Waals surface area contributed by atoms with Gasteiger partial charge in [0.1, 0.15) is 42.3 Å². The highest BCUT2D eigenvalue weighted by Gasteiger charge is 2.43. The van der Waals surface area contributed by atoms with Gasteiger partial charge >= 0.3 is 0 Å². The number of anilines is 8. The summed E-state index contributed by atoms with van der Waals surface area (Å²) in [7, 11) is -0.867. The molecule has 3 atom stereocenters.